The van der Waals surface area contributed by atoms with E-state index < -0.39 is 11.7 Å². The molecule has 1 aromatic rings. The number of benzene rings is 1. The highest BCUT2D eigenvalue weighted by atomic mass is 19.4. The Morgan fingerprint density at radius 3 is 2.65 bits per heavy atom. The number of morpholine rings is 1. The Kier molecular flexibility index (Phi) is 5.39. The smallest absolute Gasteiger partial charge is 0.379 e. The minimum absolute atomic E-state index is 0.453. The van der Waals surface area contributed by atoms with Gasteiger partial charge in [-0.2, -0.15) is 13.2 Å². The Hall–Kier alpha value is -1.11. The average Bonchev–Trinajstić information content (AvgIpc) is 2.44. The number of nitrogens with one attached hydrogen (secondary N) is 1. The van der Waals surface area contributed by atoms with Gasteiger partial charge in [-0.05, 0) is 11.6 Å². The molecule has 1 aliphatic heterocycles. The number of alkyl halides is 3. The lowest BCUT2D eigenvalue weighted by Crippen LogP contribution is -2.40. The van der Waals surface area contributed by atoms with E-state index in [4.69, 9.17) is 4.74 Å². The van der Waals surface area contributed by atoms with Gasteiger partial charge in [-0.25, -0.2) is 0 Å². The van der Waals surface area contributed by atoms with Crippen molar-refractivity contribution in [1.82, 2.24) is 10.2 Å². The minimum atomic E-state index is -4.27. The minimum Gasteiger partial charge on any atom is -0.379 e. The maximum atomic E-state index is 12.6. The first-order chi connectivity index (χ1) is 9.55. The molecule has 112 valence electrons. The summed E-state index contributed by atoms with van der Waals surface area (Å²) in [4.78, 5) is 2.28. The van der Waals surface area contributed by atoms with Crippen LogP contribution in [0, 0.1) is 0 Å². The number of hydrogen-bond donors (Lipinski definition) is 1. The van der Waals surface area contributed by atoms with E-state index in [1.165, 1.54) is 12.1 Å². The highest BCUT2D eigenvalue weighted by molar-refractivity contribution is 5.25. The molecule has 1 aromatic carbocycles. The third-order valence-electron chi connectivity index (χ3n) is 3.29. The molecule has 0 saturated carbocycles. The summed E-state index contributed by atoms with van der Waals surface area (Å²) in [5.74, 6) is 0. The summed E-state index contributed by atoms with van der Waals surface area (Å²) in [5, 5.41) is 3.18. The molecule has 1 fully saturated rings. The van der Waals surface area contributed by atoms with E-state index in [2.05, 4.69) is 10.2 Å². The lowest BCUT2D eigenvalue weighted by atomic mass is 10.1. The van der Waals surface area contributed by atoms with Gasteiger partial charge in [0.05, 0.1) is 18.8 Å². The normalized spacial score (nSPS) is 17.4. The van der Waals surface area contributed by atoms with Gasteiger partial charge in [-0.1, -0.05) is 18.2 Å². The Morgan fingerprint density at radius 1 is 1.20 bits per heavy atom. The van der Waals surface area contributed by atoms with Crippen molar-refractivity contribution >= 4 is 0 Å². The first-order valence-corrected chi connectivity index (χ1v) is 6.73. The zero-order chi connectivity index (χ0) is 14.4. The van der Waals surface area contributed by atoms with Gasteiger partial charge in [0, 0.05) is 32.7 Å². The Balaban J connectivity index is 1.73. The number of nitrogens with zero attached hydrogens (tertiary/aromatic N) is 1. The average molecular weight is 288 g/mol. The third kappa shape index (κ3) is 4.77. The summed E-state index contributed by atoms with van der Waals surface area (Å²) in [7, 11) is 0. The summed E-state index contributed by atoms with van der Waals surface area (Å²) in [6.07, 6.45) is -4.27. The Morgan fingerprint density at radius 2 is 1.95 bits per heavy atom. The van der Waals surface area contributed by atoms with Gasteiger partial charge in [0.2, 0.25) is 0 Å². The Labute approximate surface area is 116 Å². The largest absolute Gasteiger partial charge is 0.416 e. The maximum absolute atomic E-state index is 12.6. The van der Waals surface area contributed by atoms with Crippen LogP contribution in [0.3, 0.4) is 0 Å². The molecule has 3 nitrogen and oxygen atoms in total. The maximum Gasteiger partial charge on any atom is 0.416 e. The van der Waals surface area contributed by atoms with E-state index in [9.17, 15) is 13.2 Å². The van der Waals surface area contributed by atoms with Crippen LogP contribution in [-0.4, -0.2) is 44.3 Å². The van der Waals surface area contributed by atoms with Gasteiger partial charge >= 0.3 is 6.18 Å². The van der Waals surface area contributed by atoms with E-state index >= 15 is 0 Å². The van der Waals surface area contributed by atoms with Gasteiger partial charge in [0.15, 0.2) is 0 Å². The van der Waals surface area contributed by atoms with E-state index in [0.29, 0.717) is 12.1 Å². The monoisotopic (exact) mass is 288 g/mol. The molecular weight excluding hydrogens is 269 g/mol. The first kappa shape index (κ1) is 15.3. The van der Waals surface area contributed by atoms with Crippen molar-refractivity contribution in [1.29, 1.82) is 0 Å². The van der Waals surface area contributed by atoms with E-state index in [0.717, 1.165) is 45.5 Å². The van der Waals surface area contributed by atoms with Crippen molar-refractivity contribution < 1.29 is 17.9 Å². The predicted molar refractivity (Wildman–Crippen MR) is 70.4 cm³/mol. The fourth-order valence-electron chi connectivity index (χ4n) is 2.15. The van der Waals surface area contributed by atoms with Crippen LogP contribution in [-0.2, 0) is 17.5 Å². The second-order valence-corrected chi connectivity index (χ2v) is 4.83. The van der Waals surface area contributed by atoms with Crippen molar-refractivity contribution in [2.45, 2.75) is 12.7 Å². The molecule has 1 saturated heterocycles. The van der Waals surface area contributed by atoms with Gasteiger partial charge in [-0.15, -0.1) is 0 Å². The van der Waals surface area contributed by atoms with Crippen LogP contribution >= 0.6 is 0 Å². The van der Waals surface area contributed by atoms with Crippen molar-refractivity contribution in [2.24, 2.45) is 0 Å². The molecule has 1 N–H and O–H groups in total. The zero-order valence-corrected chi connectivity index (χ0v) is 11.2. The van der Waals surface area contributed by atoms with Gasteiger partial charge < -0.3 is 10.1 Å². The van der Waals surface area contributed by atoms with Crippen LogP contribution in [0.15, 0.2) is 24.3 Å². The topological polar surface area (TPSA) is 24.5 Å². The molecule has 0 spiro atoms. The summed E-state index contributed by atoms with van der Waals surface area (Å²) in [5.41, 5.74) is 0.0618. The quantitative estimate of drug-likeness (QED) is 0.840. The Bertz CT molecular complexity index is 417. The molecular formula is C14H19F3N2O. The fraction of sp³-hybridized carbons (Fsp3) is 0.571. The summed E-state index contributed by atoms with van der Waals surface area (Å²) >= 11 is 0. The third-order valence-corrected chi connectivity index (χ3v) is 3.29. The van der Waals surface area contributed by atoms with Crippen LogP contribution in [0.25, 0.3) is 0 Å². The SMILES string of the molecule is FC(F)(F)c1cccc(CNCCN2CCOCC2)c1. The summed E-state index contributed by atoms with van der Waals surface area (Å²) < 4.78 is 42.9. The molecule has 0 amide bonds. The molecule has 0 aliphatic carbocycles. The second kappa shape index (κ2) is 7.06. The van der Waals surface area contributed by atoms with Crippen molar-refractivity contribution in [2.75, 3.05) is 39.4 Å². The summed E-state index contributed by atoms with van der Waals surface area (Å²) in [6.45, 7) is 5.46. The van der Waals surface area contributed by atoms with Gasteiger partial charge in [0.1, 0.15) is 0 Å². The number of halogens is 3. The molecule has 2 rings (SSSR count). The predicted octanol–water partition coefficient (Wildman–Crippen LogP) is 2.13. The molecule has 20 heavy (non-hydrogen) atoms. The lowest BCUT2D eigenvalue weighted by Gasteiger charge is -2.26. The highest BCUT2D eigenvalue weighted by Crippen LogP contribution is 2.29. The van der Waals surface area contributed by atoms with Crippen LogP contribution in [0.2, 0.25) is 0 Å². The van der Waals surface area contributed by atoms with Crippen LogP contribution in [0.4, 0.5) is 13.2 Å². The molecule has 1 heterocycles. The van der Waals surface area contributed by atoms with Crippen molar-refractivity contribution in [3.05, 3.63) is 35.4 Å². The van der Waals surface area contributed by atoms with E-state index in [-0.39, 0.29) is 0 Å². The molecule has 0 unspecified atom stereocenters. The van der Waals surface area contributed by atoms with Crippen LogP contribution < -0.4 is 5.32 Å². The van der Waals surface area contributed by atoms with Crippen LogP contribution in [0.5, 0.6) is 0 Å². The summed E-state index contributed by atoms with van der Waals surface area (Å²) in [6, 6.07) is 5.44. The molecule has 0 radical (unpaired) electrons. The molecule has 0 aromatic heterocycles. The molecule has 1 aliphatic rings. The van der Waals surface area contributed by atoms with Crippen molar-refractivity contribution in [3.8, 4) is 0 Å². The molecule has 0 atom stereocenters. The second-order valence-electron chi connectivity index (χ2n) is 4.83. The van der Waals surface area contributed by atoms with Gasteiger partial charge in [0.25, 0.3) is 0 Å². The standard InChI is InChI=1S/C14H19F3N2O/c15-14(16,17)13-3-1-2-12(10-13)11-18-4-5-19-6-8-20-9-7-19/h1-3,10,18H,4-9,11H2. The van der Waals surface area contributed by atoms with E-state index in [1.54, 1.807) is 6.07 Å². The number of hydrogen-bond acceptors (Lipinski definition) is 3. The lowest BCUT2D eigenvalue weighted by molar-refractivity contribution is -0.137. The number of rotatable bonds is 5. The zero-order valence-electron chi connectivity index (χ0n) is 11.2. The van der Waals surface area contributed by atoms with E-state index in [1.807, 2.05) is 0 Å². The van der Waals surface area contributed by atoms with Crippen LogP contribution in [0.1, 0.15) is 11.1 Å². The fourth-order valence-corrected chi connectivity index (χ4v) is 2.15. The molecule has 6 heteroatoms. The highest BCUT2D eigenvalue weighted by Gasteiger charge is 2.30. The number of ether oxygens (including phenoxy) is 1. The van der Waals surface area contributed by atoms with Crippen molar-refractivity contribution in [3.63, 3.8) is 0 Å². The first-order valence-electron chi connectivity index (χ1n) is 6.73. The van der Waals surface area contributed by atoms with Gasteiger partial charge in [-0.3, -0.25) is 4.90 Å². The molecule has 0 bridgehead atoms.